The van der Waals surface area contributed by atoms with Gasteiger partial charge in [-0.15, -0.1) is 0 Å². The van der Waals surface area contributed by atoms with Crippen molar-refractivity contribution in [1.82, 2.24) is 10.2 Å². The minimum Gasteiger partial charge on any atom is -0.454 e. The van der Waals surface area contributed by atoms with Crippen molar-refractivity contribution in [3.05, 3.63) is 45.4 Å². The summed E-state index contributed by atoms with van der Waals surface area (Å²) >= 11 is 0. The molecule has 1 aliphatic rings. The minimum absolute atomic E-state index is 0.0693. The van der Waals surface area contributed by atoms with Gasteiger partial charge in [0.15, 0.2) is 11.5 Å². The molecule has 0 unspecified atom stereocenters. The van der Waals surface area contributed by atoms with Crippen molar-refractivity contribution in [1.29, 1.82) is 0 Å². The summed E-state index contributed by atoms with van der Waals surface area (Å²) in [5.41, 5.74) is 2.58. The highest BCUT2D eigenvalue weighted by atomic mass is 16.7. The van der Waals surface area contributed by atoms with Crippen molar-refractivity contribution in [3.63, 3.8) is 0 Å². The van der Waals surface area contributed by atoms with Crippen molar-refractivity contribution in [2.75, 3.05) is 6.79 Å². The Balaban J connectivity index is 1.94. The number of hydrogen-bond acceptors (Lipinski definition) is 3. The van der Waals surface area contributed by atoms with Gasteiger partial charge in [-0.1, -0.05) is 6.07 Å². The SMILES string of the molecule is Cc1[nH][nH]c(=O)c1Cc1ccc2c(c1)OCO2. The van der Waals surface area contributed by atoms with Crippen LogP contribution in [0.15, 0.2) is 23.0 Å². The van der Waals surface area contributed by atoms with Gasteiger partial charge >= 0.3 is 0 Å². The maximum atomic E-state index is 11.5. The smallest absolute Gasteiger partial charge is 0.267 e. The molecule has 1 aromatic heterocycles. The summed E-state index contributed by atoms with van der Waals surface area (Å²) in [6, 6.07) is 5.72. The van der Waals surface area contributed by atoms with E-state index >= 15 is 0 Å². The molecule has 0 bridgehead atoms. The van der Waals surface area contributed by atoms with Crippen molar-refractivity contribution in [3.8, 4) is 11.5 Å². The Labute approximate surface area is 97.4 Å². The standard InChI is InChI=1S/C12H12N2O3/c1-7-9(12(15)14-13-7)4-8-2-3-10-11(5-8)17-6-16-10/h2-3,5H,4,6H2,1H3,(H2,13,14,15). The lowest BCUT2D eigenvalue weighted by atomic mass is 10.1. The summed E-state index contributed by atoms with van der Waals surface area (Å²) in [5.74, 6) is 1.50. The highest BCUT2D eigenvalue weighted by molar-refractivity contribution is 5.45. The first-order valence-electron chi connectivity index (χ1n) is 5.38. The number of hydrogen-bond donors (Lipinski definition) is 2. The van der Waals surface area contributed by atoms with Crippen LogP contribution < -0.4 is 15.0 Å². The van der Waals surface area contributed by atoms with Gasteiger partial charge in [-0.2, -0.15) is 0 Å². The Kier molecular flexibility index (Phi) is 2.18. The summed E-state index contributed by atoms with van der Waals surface area (Å²) in [7, 11) is 0. The van der Waals surface area contributed by atoms with Gasteiger partial charge < -0.3 is 14.6 Å². The molecule has 88 valence electrons. The van der Waals surface area contributed by atoms with Crippen LogP contribution in [0.5, 0.6) is 11.5 Å². The molecule has 0 spiro atoms. The fraction of sp³-hybridized carbons (Fsp3) is 0.250. The molecular weight excluding hydrogens is 220 g/mol. The van der Waals surface area contributed by atoms with Crippen LogP contribution in [-0.4, -0.2) is 17.0 Å². The number of aromatic amines is 2. The zero-order valence-corrected chi connectivity index (χ0v) is 9.37. The number of H-pyrrole nitrogens is 2. The molecule has 5 nitrogen and oxygen atoms in total. The van der Waals surface area contributed by atoms with Crippen LogP contribution in [0.2, 0.25) is 0 Å². The van der Waals surface area contributed by atoms with E-state index in [0.29, 0.717) is 6.42 Å². The van der Waals surface area contributed by atoms with Crippen LogP contribution in [0.3, 0.4) is 0 Å². The highest BCUT2D eigenvalue weighted by Crippen LogP contribution is 2.32. The third kappa shape index (κ3) is 1.69. The Morgan fingerprint density at radius 3 is 2.82 bits per heavy atom. The fourth-order valence-corrected chi connectivity index (χ4v) is 1.94. The molecule has 3 rings (SSSR count). The number of nitrogens with one attached hydrogen (secondary N) is 2. The van der Waals surface area contributed by atoms with Crippen molar-refractivity contribution in [2.45, 2.75) is 13.3 Å². The molecule has 0 saturated heterocycles. The summed E-state index contributed by atoms with van der Waals surface area (Å²) in [5, 5.41) is 5.39. The first-order valence-corrected chi connectivity index (χ1v) is 5.38. The summed E-state index contributed by atoms with van der Waals surface area (Å²) in [4.78, 5) is 11.5. The average molecular weight is 232 g/mol. The zero-order valence-electron chi connectivity index (χ0n) is 9.37. The second kappa shape index (κ2) is 3.69. The van der Waals surface area contributed by atoms with E-state index in [9.17, 15) is 4.79 Å². The molecule has 2 heterocycles. The first-order chi connectivity index (χ1) is 8.24. The number of ether oxygens (including phenoxy) is 2. The van der Waals surface area contributed by atoms with Crippen molar-refractivity contribution < 1.29 is 9.47 Å². The monoisotopic (exact) mass is 232 g/mol. The van der Waals surface area contributed by atoms with Crippen LogP contribution in [-0.2, 0) is 6.42 Å². The van der Waals surface area contributed by atoms with Crippen LogP contribution in [0.4, 0.5) is 0 Å². The average Bonchev–Trinajstić information content (AvgIpc) is 2.90. The second-order valence-corrected chi connectivity index (χ2v) is 4.05. The summed E-state index contributed by atoms with van der Waals surface area (Å²) < 4.78 is 10.5. The van der Waals surface area contributed by atoms with E-state index < -0.39 is 0 Å². The Hall–Kier alpha value is -2.17. The molecule has 1 aliphatic heterocycles. The number of aromatic nitrogens is 2. The van der Waals surface area contributed by atoms with Crippen LogP contribution in [0, 0.1) is 6.92 Å². The third-order valence-electron chi connectivity index (χ3n) is 2.91. The maximum Gasteiger partial charge on any atom is 0.267 e. The third-order valence-corrected chi connectivity index (χ3v) is 2.91. The number of fused-ring (bicyclic) bond motifs is 1. The van der Waals surface area contributed by atoms with Gasteiger partial charge in [0.25, 0.3) is 5.56 Å². The first kappa shape index (κ1) is 10.0. The Morgan fingerprint density at radius 2 is 2.06 bits per heavy atom. The van der Waals surface area contributed by atoms with Gasteiger partial charge in [-0.05, 0) is 24.6 Å². The fourth-order valence-electron chi connectivity index (χ4n) is 1.94. The molecule has 5 heteroatoms. The molecule has 0 fully saturated rings. The zero-order chi connectivity index (χ0) is 11.8. The molecule has 1 aromatic carbocycles. The Bertz CT molecular complexity index is 612. The van der Waals surface area contributed by atoms with E-state index in [1.165, 1.54) is 0 Å². The normalized spacial score (nSPS) is 13.0. The highest BCUT2D eigenvalue weighted by Gasteiger charge is 2.14. The molecule has 17 heavy (non-hydrogen) atoms. The molecule has 0 amide bonds. The van der Waals surface area contributed by atoms with E-state index in [4.69, 9.17) is 9.47 Å². The van der Waals surface area contributed by atoms with E-state index in [-0.39, 0.29) is 12.4 Å². The van der Waals surface area contributed by atoms with Crippen molar-refractivity contribution >= 4 is 0 Å². The lowest BCUT2D eigenvalue weighted by Crippen LogP contribution is -2.06. The van der Waals surface area contributed by atoms with Gasteiger partial charge in [0.05, 0.1) is 0 Å². The lowest BCUT2D eigenvalue weighted by Gasteiger charge is -2.01. The molecule has 0 aliphatic carbocycles. The van der Waals surface area contributed by atoms with E-state index in [2.05, 4.69) is 10.2 Å². The topological polar surface area (TPSA) is 67.1 Å². The number of benzene rings is 1. The van der Waals surface area contributed by atoms with Gasteiger partial charge in [-0.25, -0.2) is 0 Å². The number of rotatable bonds is 2. The molecule has 2 N–H and O–H groups in total. The van der Waals surface area contributed by atoms with E-state index in [1.54, 1.807) is 0 Å². The van der Waals surface area contributed by atoms with E-state index in [1.807, 2.05) is 25.1 Å². The predicted octanol–water partition coefficient (Wildman–Crippen LogP) is 1.33. The summed E-state index contributed by atoms with van der Waals surface area (Å²) in [6.45, 7) is 2.14. The largest absolute Gasteiger partial charge is 0.454 e. The van der Waals surface area contributed by atoms with Crippen molar-refractivity contribution in [2.24, 2.45) is 0 Å². The van der Waals surface area contributed by atoms with Crippen LogP contribution in [0.25, 0.3) is 0 Å². The van der Waals surface area contributed by atoms with E-state index in [0.717, 1.165) is 28.3 Å². The van der Waals surface area contributed by atoms with Gasteiger partial charge in [-0.3, -0.25) is 9.89 Å². The second-order valence-electron chi connectivity index (χ2n) is 4.05. The molecule has 0 atom stereocenters. The predicted molar refractivity (Wildman–Crippen MR) is 61.5 cm³/mol. The van der Waals surface area contributed by atoms with Gasteiger partial charge in [0, 0.05) is 17.7 Å². The summed E-state index contributed by atoms with van der Waals surface area (Å²) in [6.07, 6.45) is 0.585. The van der Waals surface area contributed by atoms with Gasteiger partial charge in [0.2, 0.25) is 6.79 Å². The molecule has 0 saturated carbocycles. The van der Waals surface area contributed by atoms with Gasteiger partial charge in [0.1, 0.15) is 0 Å². The molecule has 0 radical (unpaired) electrons. The lowest BCUT2D eigenvalue weighted by molar-refractivity contribution is 0.174. The quantitative estimate of drug-likeness (QED) is 0.820. The molecule has 2 aromatic rings. The molecular formula is C12H12N2O3. The number of aryl methyl sites for hydroxylation is 1. The maximum absolute atomic E-state index is 11.5. The van der Waals surface area contributed by atoms with Crippen LogP contribution >= 0.6 is 0 Å². The Morgan fingerprint density at radius 1 is 1.24 bits per heavy atom. The minimum atomic E-state index is -0.0693. The van der Waals surface area contributed by atoms with Crippen LogP contribution in [0.1, 0.15) is 16.8 Å².